The summed E-state index contributed by atoms with van der Waals surface area (Å²) in [5, 5.41) is 2.82. The quantitative estimate of drug-likeness (QED) is 0.902. The molecule has 2 N–H and O–H groups in total. The van der Waals surface area contributed by atoms with Crippen molar-refractivity contribution in [1.29, 1.82) is 0 Å². The highest BCUT2D eigenvalue weighted by molar-refractivity contribution is 7.92. The molecule has 0 fully saturated rings. The maximum Gasteiger partial charge on any atom is 0.261 e. The number of hydrogen-bond donors (Lipinski definition) is 2. The van der Waals surface area contributed by atoms with E-state index >= 15 is 0 Å². The lowest BCUT2D eigenvalue weighted by Gasteiger charge is -2.10. The zero-order valence-corrected chi connectivity index (χ0v) is 12.6. The van der Waals surface area contributed by atoms with Crippen molar-refractivity contribution in [2.45, 2.75) is 11.3 Å². The van der Waals surface area contributed by atoms with E-state index in [2.05, 4.69) is 10.0 Å². The summed E-state index contributed by atoms with van der Waals surface area (Å²) in [6, 6.07) is 7.82. The number of carbonyl (C=O) groups excluding carboxylic acids is 1. The maximum atomic E-state index is 13.6. The third-order valence-corrected chi connectivity index (χ3v) is 4.78. The number of rotatable bonds is 3. The van der Waals surface area contributed by atoms with E-state index in [-0.39, 0.29) is 27.9 Å². The molecule has 0 aliphatic carbocycles. The summed E-state index contributed by atoms with van der Waals surface area (Å²) < 4.78 is 40.4. The lowest BCUT2D eigenvalue weighted by molar-refractivity contribution is -0.115. The molecule has 0 saturated heterocycles. The maximum absolute atomic E-state index is 13.6. The Kier molecular flexibility index (Phi) is 3.54. The van der Waals surface area contributed by atoms with Crippen LogP contribution in [0.25, 0.3) is 0 Å². The molecule has 1 aliphatic rings. The second kappa shape index (κ2) is 5.26. The fourth-order valence-electron chi connectivity index (χ4n) is 2.15. The molecule has 2 aromatic carbocycles. The summed E-state index contributed by atoms with van der Waals surface area (Å²) in [7, 11) is -3.98. The smallest absolute Gasteiger partial charge is 0.261 e. The number of halogens is 2. The topological polar surface area (TPSA) is 75.3 Å². The molecule has 0 spiro atoms. The Morgan fingerprint density at radius 2 is 1.95 bits per heavy atom. The summed E-state index contributed by atoms with van der Waals surface area (Å²) in [5.74, 6) is -0.927. The van der Waals surface area contributed by atoms with Gasteiger partial charge in [0.25, 0.3) is 10.0 Å². The summed E-state index contributed by atoms with van der Waals surface area (Å²) in [4.78, 5) is 11.2. The van der Waals surface area contributed by atoms with Crippen molar-refractivity contribution in [2.75, 3.05) is 10.0 Å². The van der Waals surface area contributed by atoms with Crippen molar-refractivity contribution in [3.05, 3.63) is 52.8 Å². The molecule has 0 atom stereocenters. The van der Waals surface area contributed by atoms with Gasteiger partial charge in [-0.3, -0.25) is 9.52 Å². The second-order valence-corrected chi connectivity index (χ2v) is 6.89. The number of anilines is 2. The SMILES string of the molecule is O=C1Cc2cc(S(=O)(=O)Nc3cc(Cl)ccc3F)ccc2N1. The summed E-state index contributed by atoms with van der Waals surface area (Å²) in [5.41, 5.74) is 0.930. The minimum atomic E-state index is -3.98. The van der Waals surface area contributed by atoms with E-state index in [1.807, 2.05) is 0 Å². The van der Waals surface area contributed by atoms with E-state index in [1.54, 1.807) is 0 Å². The van der Waals surface area contributed by atoms with Gasteiger partial charge in [0.2, 0.25) is 5.91 Å². The summed E-state index contributed by atoms with van der Waals surface area (Å²) in [6.45, 7) is 0. The standard InChI is InChI=1S/C14H10ClFN2O3S/c15-9-1-3-11(16)13(7-9)18-22(20,21)10-2-4-12-8(5-10)6-14(19)17-12/h1-5,7,18H,6H2,(H,17,19). The Hall–Kier alpha value is -2.12. The first-order valence-electron chi connectivity index (χ1n) is 6.26. The Morgan fingerprint density at radius 1 is 1.18 bits per heavy atom. The van der Waals surface area contributed by atoms with Gasteiger partial charge in [0.05, 0.1) is 17.0 Å². The van der Waals surface area contributed by atoms with E-state index in [0.717, 1.165) is 6.07 Å². The van der Waals surface area contributed by atoms with Crippen LogP contribution in [-0.4, -0.2) is 14.3 Å². The Labute approximate surface area is 131 Å². The van der Waals surface area contributed by atoms with Crippen molar-refractivity contribution in [3.8, 4) is 0 Å². The van der Waals surface area contributed by atoms with Crippen molar-refractivity contribution in [2.24, 2.45) is 0 Å². The molecule has 1 aliphatic heterocycles. The van der Waals surface area contributed by atoms with Crippen LogP contribution in [0.2, 0.25) is 5.02 Å². The van der Waals surface area contributed by atoms with Crippen LogP contribution in [-0.2, 0) is 21.2 Å². The van der Waals surface area contributed by atoms with Crippen LogP contribution in [0.1, 0.15) is 5.56 Å². The number of hydrogen-bond acceptors (Lipinski definition) is 3. The average Bonchev–Trinajstić information content (AvgIpc) is 2.81. The molecule has 3 rings (SSSR count). The number of nitrogens with one attached hydrogen (secondary N) is 2. The number of carbonyl (C=O) groups is 1. The fourth-order valence-corrected chi connectivity index (χ4v) is 3.43. The van der Waals surface area contributed by atoms with Crippen LogP contribution in [0.3, 0.4) is 0 Å². The van der Waals surface area contributed by atoms with Crippen LogP contribution in [0.5, 0.6) is 0 Å². The zero-order chi connectivity index (χ0) is 15.9. The zero-order valence-electron chi connectivity index (χ0n) is 11.1. The highest BCUT2D eigenvalue weighted by atomic mass is 35.5. The molecule has 114 valence electrons. The molecule has 0 unspecified atom stereocenters. The number of fused-ring (bicyclic) bond motifs is 1. The first kappa shape index (κ1) is 14.8. The minimum Gasteiger partial charge on any atom is -0.326 e. The Balaban J connectivity index is 1.95. The van der Waals surface area contributed by atoms with Crippen LogP contribution in [0.4, 0.5) is 15.8 Å². The van der Waals surface area contributed by atoms with Gasteiger partial charge >= 0.3 is 0 Å². The van der Waals surface area contributed by atoms with Gasteiger partial charge in [0.15, 0.2) is 0 Å². The normalized spacial score (nSPS) is 13.6. The van der Waals surface area contributed by atoms with Gasteiger partial charge in [-0.05, 0) is 42.0 Å². The van der Waals surface area contributed by atoms with E-state index in [0.29, 0.717) is 11.3 Å². The van der Waals surface area contributed by atoms with Gasteiger partial charge in [0, 0.05) is 10.7 Å². The predicted octanol–water partition coefficient (Wildman–Crippen LogP) is 2.77. The van der Waals surface area contributed by atoms with Crippen molar-refractivity contribution in [3.63, 3.8) is 0 Å². The summed E-state index contributed by atoms with van der Waals surface area (Å²) >= 11 is 5.74. The minimum absolute atomic E-state index is 0.0536. The molecule has 0 aromatic heterocycles. The van der Waals surface area contributed by atoms with Gasteiger partial charge in [-0.1, -0.05) is 11.6 Å². The molecule has 22 heavy (non-hydrogen) atoms. The van der Waals surface area contributed by atoms with E-state index in [9.17, 15) is 17.6 Å². The lowest BCUT2D eigenvalue weighted by atomic mass is 10.2. The summed E-state index contributed by atoms with van der Waals surface area (Å²) in [6.07, 6.45) is 0.115. The largest absolute Gasteiger partial charge is 0.326 e. The first-order chi connectivity index (χ1) is 10.3. The van der Waals surface area contributed by atoms with Crippen LogP contribution in [0, 0.1) is 5.82 Å². The molecule has 5 nitrogen and oxygen atoms in total. The second-order valence-electron chi connectivity index (χ2n) is 4.77. The highest BCUT2D eigenvalue weighted by Gasteiger charge is 2.22. The van der Waals surface area contributed by atoms with E-state index < -0.39 is 15.8 Å². The Morgan fingerprint density at radius 3 is 2.73 bits per heavy atom. The van der Waals surface area contributed by atoms with Gasteiger partial charge in [-0.15, -0.1) is 0 Å². The van der Waals surface area contributed by atoms with Crippen LogP contribution >= 0.6 is 11.6 Å². The monoisotopic (exact) mass is 340 g/mol. The van der Waals surface area contributed by atoms with Gasteiger partial charge in [-0.25, -0.2) is 12.8 Å². The lowest BCUT2D eigenvalue weighted by Crippen LogP contribution is -2.14. The molecule has 1 heterocycles. The van der Waals surface area contributed by atoms with Crippen molar-refractivity contribution < 1.29 is 17.6 Å². The molecule has 0 bridgehead atoms. The first-order valence-corrected chi connectivity index (χ1v) is 8.12. The highest BCUT2D eigenvalue weighted by Crippen LogP contribution is 2.28. The molecule has 8 heteroatoms. The predicted molar refractivity (Wildman–Crippen MR) is 81.0 cm³/mol. The van der Waals surface area contributed by atoms with Gasteiger partial charge < -0.3 is 5.32 Å². The molecule has 2 aromatic rings. The van der Waals surface area contributed by atoms with Crippen molar-refractivity contribution >= 4 is 38.9 Å². The number of sulfonamides is 1. The fraction of sp³-hybridized carbons (Fsp3) is 0.0714. The van der Waals surface area contributed by atoms with Crippen LogP contribution < -0.4 is 10.0 Å². The molecular formula is C14H10ClFN2O3S. The van der Waals surface area contributed by atoms with Gasteiger partial charge in [-0.2, -0.15) is 0 Å². The average molecular weight is 341 g/mol. The molecule has 0 saturated carbocycles. The molecule has 0 radical (unpaired) electrons. The third-order valence-electron chi connectivity index (χ3n) is 3.18. The van der Waals surface area contributed by atoms with Gasteiger partial charge in [0.1, 0.15) is 5.82 Å². The Bertz CT molecular complexity index is 884. The van der Waals surface area contributed by atoms with E-state index in [4.69, 9.17) is 11.6 Å². The van der Waals surface area contributed by atoms with Crippen molar-refractivity contribution in [1.82, 2.24) is 0 Å². The third kappa shape index (κ3) is 2.77. The van der Waals surface area contributed by atoms with E-state index in [1.165, 1.54) is 30.3 Å². The molecule has 1 amide bonds. The number of amides is 1. The number of benzene rings is 2. The van der Waals surface area contributed by atoms with Crippen LogP contribution in [0.15, 0.2) is 41.3 Å². The molecular weight excluding hydrogens is 331 g/mol.